The molecular formula is C13H12ClN3S. The van der Waals surface area contributed by atoms with Crippen LogP contribution >= 0.6 is 22.9 Å². The van der Waals surface area contributed by atoms with Crippen molar-refractivity contribution < 1.29 is 0 Å². The highest BCUT2D eigenvalue weighted by Crippen LogP contribution is 2.25. The number of fused-ring (bicyclic) bond motifs is 1. The van der Waals surface area contributed by atoms with E-state index < -0.39 is 0 Å². The first kappa shape index (κ1) is 11.7. The highest BCUT2D eigenvalue weighted by molar-refractivity contribution is 7.13. The van der Waals surface area contributed by atoms with E-state index in [4.69, 9.17) is 11.6 Å². The summed E-state index contributed by atoms with van der Waals surface area (Å²) in [7, 11) is 0. The molecule has 18 heavy (non-hydrogen) atoms. The van der Waals surface area contributed by atoms with Gasteiger partial charge in [-0.05, 0) is 23.9 Å². The fourth-order valence-electron chi connectivity index (χ4n) is 1.92. The molecular weight excluding hydrogens is 266 g/mol. The molecule has 0 aliphatic carbocycles. The van der Waals surface area contributed by atoms with Gasteiger partial charge in [0.2, 0.25) is 0 Å². The number of rotatable bonds is 3. The molecule has 0 aliphatic rings. The Kier molecular flexibility index (Phi) is 3.06. The van der Waals surface area contributed by atoms with Crippen molar-refractivity contribution in [3.05, 3.63) is 40.5 Å². The minimum atomic E-state index is 0.617. The third kappa shape index (κ3) is 2.02. The molecule has 0 saturated heterocycles. The van der Waals surface area contributed by atoms with E-state index in [1.54, 1.807) is 15.9 Å². The average molecular weight is 278 g/mol. The summed E-state index contributed by atoms with van der Waals surface area (Å²) in [5.74, 6) is 0. The minimum Gasteiger partial charge on any atom is -0.233 e. The molecule has 3 aromatic rings. The van der Waals surface area contributed by atoms with Crippen LogP contribution in [0.4, 0.5) is 0 Å². The Bertz CT molecular complexity index is 673. The summed E-state index contributed by atoms with van der Waals surface area (Å²) in [6.07, 6.45) is 2.00. The second-order valence-electron chi connectivity index (χ2n) is 4.10. The summed E-state index contributed by atoms with van der Waals surface area (Å²) in [5, 5.41) is 7.14. The van der Waals surface area contributed by atoms with Crippen LogP contribution in [0, 0.1) is 0 Å². The summed E-state index contributed by atoms with van der Waals surface area (Å²) >= 11 is 7.90. The molecule has 0 radical (unpaired) electrons. The molecule has 0 aromatic carbocycles. The monoisotopic (exact) mass is 277 g/mol. The average Bonchev–Trinajstić information content (AvgIpc) is 2.97. The highest BCUT2D eigenvalue weighted by Gasteiger charge is 2.09. The van der Waals surface area contributed by atoms with Crippen LogP contribution in [0.2, 0.25) is 5.15 Å². The van der Waals surface area contributed by atoms with Crippen LogP contribution in [0.3, 0.4) is 0 Å². The van der Waals surface area contributed by atoms with Crippen molar-refractivity contribution >= 4 is 28.6 Å². The Balaban J connectivity index is 2.14. The van der Waals surface area contributed by atoms with Gasteiger partial charge in [0.25, 0.3) is 0 Å². The second-order valence-corrected chi connectivity index (χ2v) is 5.43. The van der Waals surface area contributed by atoms with E-state index in [9.17, 15) is 0 Å². The quantitative estimate of drug-likeness (QED) is 0.676. The molecule has 92 valence electrons. The largest absolute Gasteiger partial charge is 0.233 e. The maximum absolute atomic E-state index is 6.24. The Hall–Kier alpha value is -1.39. The lowest BCUT2D eigenvalue weighted by molar-refractivity contribution is 0.859. The first-order valence-electron chi connectivity index (χ1n) is 5.87. The number of hydrogen-bond acceptors (Lipinski definition) is 3. The predicted molar refractivity (Wildman–Crippen MR) is 75.3 cm³/mol. The molecule has 0 saturated carbocycles. The van der Waals surface area contributed by atoms with Crippen molar-refractivity contribution in [1.29, 1.82) is 0 Å². The van der Waals surface area contributed by atoms with E-state index in [1.165, 1.54) is 0 Å². The van der Waals surface area contributed by atoms with Crippen LogP contribution in [-0.2, 0) is 6.42 Å². The number of nitrogens with zero attached hydrogens (tertiary/aromatic N) is 3. The van der Waals surface area contributed by atoms with Crippen molar-refractivity contribution in [2.45, 2.75) is 19.8 Å². The van der Waals surface area contributed by atoms with Gasteiger partial charge in [-0.2, -0.15) is 5.10 Å². The summed E-state index contributed by atoms with van der Waals surface area (Å²) < 4.78 is 1.69. The Labute approximate surface area is 114 Å². The van der Waals surface area contributed by atoms with Gasteiger partial charge in [-0.25, -0.2) is 9.50 Å². The minimum absolute atomic E-state index is 0.617. The molecule has 0 atom stereocenters. The maximum Gasteiger partial charge on any atom is 0.157 e. The van der Waals surface area contributed by atoms with Gasteiger partial charge >= 0.3 is 0 Å². The lowest BCUT2D eigenvalue weighted by Gasteiger charge is -2.00. The van der Waals surface area contributed by atoms with Crippen LogP contribution < -0.4 is 0 Å². The summed E-state index contributed by atoms with van der Waals surface area (Å²) in [4.78, 5) is 5.71. The molecule has 0 aliphatic heterocycles. The molecule has 0 N–H and O–H groups in total. The Morgan fingerprint density at radius 2 is 2.28 bits per heavy atom. The fraction of sp³-hybridized carbons (Fsp3) is 0.231. The summed E-state index contributed by atoms with van der Waals surface area (Å²) in [5.41, 5.74) is 2.76. The van der Waals surface area contributed by atoms with Crippen LogP contribution in [-0.4, -0.2) is 14.6 Å². The number of aryl methyl sites for hydroxylation is 1. The molecule has 5 heteroatoms. The van der Waals surface area contributed by atoms with Gasteiger partial charge < -0.3 is 0 Å². The van der Waals surface area contributed by atoms with Gasteiger partial charge in [0.1, 0.15) is 10.8 Å². The number of aromatic nitrogens is 3. The summed E-state index contributed by atoms with van der Waals surface area (Å²) in [6, 6.07) is 7.94. The standard InChI is InChI=1S/C13H12ClN3S/c1-2-4-9-7-12(14)17-13(15-9)8-10(16-17)11-5-3-6-18-11/h3,5-8H,2,4H2,1H3. The van der Waals surface area contributed by atoms with Crippen LogP contribution in [0.1, 0.15) is 19.0 Å². The third-order valence-corrected chi connectivity index (χ3v) is 3.88. The zero-order valence-electron chi connectivity index (χ0n) is 9.93. The zero-order valence-corrected chi connectivity index (χ0v) is 11.5. The predicted octanol–water partition coefficient (Wildman–Crippen LogP) is 4.06. The van der Waals surface area contributed by atoms with Gasteiger partial charge in [-0.1, -0.05) is 31.0 Å². The van der Waals surface area contributed by atoms with Crippen molar-refractivity contribution in [3.63, 3.8) is 0 Å². The number of halogens is 1. The van der Waals surface area contributed by atoms with E-state index in [0.717, 1.165) is 34.8 Å². The number of hydrogen-bond donors (Lipinski definition) is 0. The van der Waals surface area contributed by atoms with Gasteiger partial charge in [0.15, 0.2) is 5.65 Å². The maximum atomic E-state index is 6.24. The Morgan fingerprint density at radius 3 is 3.00 bits per heavy atom. The molecule has 3 rings (SSSR count). The third-order valence-electron chi connectivity index (χ3n) is 2.72. The van der Waals surface area contributed by atoms with Crippen molar-refractivity contribution in [2.24, 2.45) is 0 Å². The van der Waals surface area contributed by atoms with Gasteiger partial charge in [0, 0.05) is 11.8 Å². The molecule has 0 spiro atoms. The molecule has 0 unspecified atom stereocenters. The molecule has 3 aromatic heterocycles. The smallest absolute Gasteiger partial charge is 0.157 e. The molecule has 3 nitrogen and oxygen atoms in total. The molecule has 0 fully saturated rings. The highest BCUT2D eigenvalue weighted by atomic mass is 35.5. The first-order valence-corrected chi connectivity index (χ1v) is 7.13. The van der Waals surface area contributed by atoms with E-state index in [2.05, 4.69) is 17.0 Å². The van der Waals surface area contributed by atoms with Crippen molar-refractivity contribution in [2.75, 3.05) is 0 Å². The number of thiophene rings is 1. The van der Waals surface area contributed by atoms with E-state index in [1.807, 2.05) is 29.6 Å². The van der Waals surface area contributed by atoms with Gasteiger partial charge in [-0.3, -0.25) is 0 Å². The van der Waals surface area contributed by atoms with E-state index >= 15 is 0 Å². The van der Waals surface area contributed by atoms with Crippen LogP contribution in [0.25, 0.3) is 16.2 Å². The topological polar surface area (TPSA) is 30.2 Å². The Morgan fingerprint density at radius 1 is 1.39 bits per heavy atom. The summed E-state index contributed by atoms with van der Waals surface area (Å²) in [6.45, 7) is 2.13. The van der Waals surface area contributed by atoms with Gasteiger partial charge in [-0.15, -0.1) is 11.3 Å². The van der Waals surface area contributed by atoms with E-state index in [0.29, 0.717) is 5.15 Å². The first-order chi connectivity index (χ1) is 8.78. The molecule has 0 bridgehead atoms. The van der Waals surface area contributed by atoms with E-state index in [-0.39, 0.29) is 0 Å². The lowest BCUT2D eigenvalue weighted by Crippen LogP contribution is -1.96. The van der Waals surface area contributed by atoms with Crippen LogP contribution in [0.5, 0.6) is 0 Å². The molecule has 0 amide bonds. The zero-order chi connectivity index (χ0) is 12.5. The normalized spacial score (nSPS) is 11.2. The lowest BCUT2D eigenvalue weighted by atomic mass is 10.2. The van der Waals surface area contributed by atoms with Crippen molar-refractivity contribution in [1.82, 2.24) is 14.6 Å². The second kappa shape index (κ2) is 4.71. The van der Waals surface area contributed by atoms with Crippen molar-refractivity contribution in [3.8, 4) is 10.6 Å². The van der Waals surface area contributed by atoms with Gasteiger partial charge in [0.05, 0.1) is 4.88 Å². The van der Waals surface area contributed by atoms with Crippen LogP contribution in [0.15, 0.2) is 29.6 Å². The fourth-order valence-corrected chi connectivity index (χ4v) is 2.85. The molecule has 3 heterocycles. The SMILES string of the molecule is CCCc1cc(Cl)n2nc(-c3cccs3)cc2n1.